The zero-order valence-electron chi connectivity index (χ0n) is 9.84. The van der Waals surface area contributed by atoms with Crippen molar-refractivity contribution in [1.29, 1.82) is 0 Å². The monoisotopic (exact) mass is 328 g/mol. The molecule has 0 spiro atoms. The van der Waals surface area contributed by atoms with Crippen molar-refractivity contribution < 1.29 is 0 Å². The third kappa shape index (κ3) is 3.12. The average Bonchev–Trinajstić information content (AvgIpc) is 2.70. The van der Waals surface area contributed by atoms with Gasteiger partial charge in [-0.3, -0.25) is 0 Å². The Morgan fingerprint density at radius 3 is 2.71 bits per heavy atom. The molecular formula is C14H14BrClS. The van der Waals surface area contributed by atoms with Crippen molar-refractivity contribution in [2.75, 3.05) is 0 Å². The number of thiophene rings is 1. The molecule has 0 nitrogen and oxygen atoms in total. The van der Waals surface area contributed by atoms with Gasteiger partial charge in [0.25, 0.3) is 0 Å². The number of aryl methyl sites for hydroxylation is 2. The maximum atomic E-state index is 6.49. The molecule has 0 aliphatic rings. The molecule has 1 atom stereocenters. The summed E-state index contributed by atoms with van der Waals surface area (Å²) >= 11 is 11.7. The summed E-state index contributed by atoms with van der Waals surface area (Å²) in [5, 5.41) is 2.11. The maximum absolute atomic E-state index is 6.49. The van der Waals surface area contributed by atoms with Crippen LogP contribution in [0.3, 0.4) is 0 Å². The summed E-state index contributed by atoms with van der Waals surface area (Å²) in [6.45, 7) is 4.26. The van der Waals surface area contributed by atoms with E-state index in [-0.39, 0.29) is 5.38 Å². The molecule has 0 fully saturated rings. The second-order valence-electron chi connectivity index (χ2n) is 4.23. The Hall–Kier alpha value is -0.310. The van der Waals surface area contributed by atoms with E-state index in [9.17, 15) is 0 Å². The van der Waals surface area contributed by atoms with Crippen molar-refractivity contribution in [3.8, 4) is 0 Å². The SMILES string of the molecule is Cc1ccc(C)c(CC(Cl)c2sccc2Br)c1. The first kappa shape index (κ1) is 13.1. The van der Waals surface area contributed by atoms with Gasteiger partial charge >= 0.3 is 0 Å². The van der Waals surface area contributed by atoms with Gasteiger partial charge in [0.1, 0.15) is 0 Å². The lowest BCUT2D eigenvalue weighted by Gasteiger charge is -2.11. The van der Waals surface area contributed by atoms with E-state index in [4.69, 9.17) is 11.6 Å². The normalized spacial score (nSPS) is 12.7. The first-order chi connectivity index (χ1) is 8.08. The Morgan fingerprint density at radius 1 is 1.29 bits per heavy atom. The summed E-state index contributed by atoms with van der Waals surface area (Å²) in [4.78, 5) is 1.22. The highest BCUT2D eigenvalue weighted by Crippen LogP contribution is 2.35. The Bertz CT molecular complexity index is 519. The molecule has 0 N–H and O–H groups in total. The highest BCUT2D eigenvalue weighted by atomic mass is 79.9. The molecule has 0 saturated carbocycles. The van der Waals surface area contributed by atoms with E-state index in [2.05, 4.69) is 59.4 Å². The van der Waals surface area contributed by atoms with Crippen LogP contribution in [-0.2, 0) is 6.42 Å². The number of halogens is 2. The molecule has 1 unspecified atom stereocenters. The number of hydrogen-bond donors (Lipinski definition) is 0. The second-order valence-corrected chi connectivity index (χ2v) is 6.56. The summed E-state index contributed by atoms with van der Waals surface area (Å²) in [5.41, 5.74) is 3.94. The summed E-state index contributed by atoms with van der Waals surface area (Å²) in [7, 11) is 0. The smallest absolute Gasteiger partial charge is 0.0730 e. The van der Waals surface area contributed by atoms with E-state index >= 15 is 0 Å². The highest BCUT2D eigenvalue weighted by molar-refractivity contribution is 9.10. The molecule has 0 radical (unpaired) electrons. The summed E-state index contributed by atoms with van der Waals surface area (Å²) < 4.78 is 1.12. The summed E-state index contributed by atoms with van der Waals surface area (Å²) in [5.74, 6) is 0. The van der Waals surface area contributed by atoms with Gasteiger partial charge in [-0.1, -0.05) is 23.8 Å². The second kappa shape index (κ2) is 5.55. The molecular weight excluding hydrogens is 316 g/mol. The minimum absolute atomic E-state index is 0.0462. The van der Waals surface area contributed by atoms with E-state index in [0.29, 0.717) is 0 Å². The molecule has 2 rings (SSSR count). The van der Waals surface area contributed by atoms with Crippen molar-refractivity contribution in [2.24, 2.45) is 0 Å². The van der Waals surface area contributed by atoms with Crippen LogP contribution in [0.2, 0.25) is 0 Å². The number of alkyl halides is 1. The molecule has 2 aromatic rings. The van der Waals surface area contributed by atoms with E-state index in [1.165, 1.54) is 21.6 Å². The van der Waals surface area contributed by atoms with Crippen LogP contribution >= 0.6 is 38.9 Å². The van der Waals surface area contributed by atoms with Crippen LogP contribution in [-0.4, -0.2) is 0 Å². The molecule has 17 heavy (non-hydrogen) atoms. The van der Waals surface area contributed by atoms with Crippen LogP contribution in [0.1, 0.15) is 26.9 Å². The molecule has 0 bridgehead atoms. The predicted octanol–water partition coefficient (Wildman–Crippen LogP) is 5.65. The van der Waals surface area contributed by atoms with Crippen LogP contribution in [0.5, 0.6) is 0 Å². The van der Waals surface area contributed by atoms with Crippen molar-refractivity contribution in [1.82, 2.24) is 0 Å². The van der Waals surface area contributed by atoms with E-state index in [1.807, 2.05) is 0 Å². The summed E-state index contributed by atoms with van der Waals surface area (Å²) in [6, 6.07) is 8.59. The maximum Gasteiger partial charge on any atom is 0.0730 e. The Labute approximate surface area is 120 Å². The Kier molecular flexibility index (Phi) is 4.29. The van der Waals surface area contributed by atoms with Crippen molar-refractivity contribution in [3.63, 3.8) is 0 Å². The molecule has 1 aromatic heterocycles. The fraction of sp³-hybridized carbons (Fsp3) is 0.286. The third-order valence-electron chi connectivity index (χ3n) is 2.83. The van der Waals surface area contributed by atoms with Gasteiger partial charge in [0.05, 0.1) is 5.38 Å². The van der Waals surface area contributed by atoms with E-state index in [0.717, 1.165) is 10.9 Å². The molecule has 3 heteroatoms. The first-order valence-corrected chi connectivity index (χ1v) is 7.62. The van der Waals surface area contributed by atoms with Gasteiger partial charge in [0.2, 0.25) is 0 Å². The minimum Gasteiger partial charge on any atom is -0.146 e. The van der Waals surface area contributed by atoms with Crippen LogP contribution in [0, 0.1) is 13.8 Å². The van der Waals surface area contributed by atoms with Crippen LogP contribution in [0.15, 0.2) is 34.1 Å². The first-order valence-electron chi connectivity index (χ1n) is 5.51. The van der Waals surface area contributed by atoms with Gasteiger partial charge < -0.3 is 0 Å². The topological polar surface area (TPSA) is 0 Å². The number of rotatable bonds is 3. The predicted molar refractivity (Wildman–Crippen MR) is 80.2 cm³/mol. The van der Waals surface area contributed by atoms with Crippen molar-refractivity contribution in [2.45, 2.75) is 25.6 Å². The lowest BCUT2D eigenvalue weighted by atomic mass is 10.0. The molecule has 0 amide bonds. The quantitative estimate of drug-likeness (QED) is 0.638. The Balaban J connectivity index is 2.21. The van der Waals surface area contributed by atoms with Gasteiger partial charge in [0.15, 0.2) is 0 Å². The van der Waals surface area contributed by atoms with Gasteiger partial charge in [-0.25, -0.2) is 0 Å². The molecule has 90 valence electrons. The lowest BCUT2D eigenvalue weighted by molar-refractivity contribution is 0.923. The van der Waals surface area contributed by atoms with Gasteiger partial charge in [0, 0.05) is 9.35 Å². The number of hydrogen-bond acceptors (Lipinski definition) is 1. The molecule has 0 aliphatic heterocycles. The van der Waals surface area contributed by atoms with Crippen LogP contribution in [0.25, 0.3) is 0 Å². The third-order valence-corrected chi connectivity index (χ3v) is 5.32. The van der Waals surface area contributed by atoms with Gasteiger partial charge in [-0.2, -0.15) is 0 Å². The standard InChI is InChI=1S/C14H14BrClS/c1-9-3-4-10(2)11(7-9)8-13(16)14-12(15)5-6-17-14/h3-7,13H,8H2,1-2H3. The fourth-order valence-electron chi connectivity index (χ4n) is 1.83. The zero-order chi connectivity index (χ0) is 12.4. The highest BCUT2D eigenvalue weighted by Gasteiger charge is 2.14. The van der Waals surface area contributed by atoms with Crippen molar-refractivity contribution >= 4 is 38.9 Å². The van der Waals surface area contributed by atoms with Gasteiger partial charge in [-0.15, -0.1) is 22.9 Å². The Morgan fingerprint density at radius 2 is 2.06 bits per heavy atom. The number of benzene rings is 1. The molecule has 0 saturated heterocycles. The molecule has 1 aromatic carbocycles. The van der Waals surface area contributed by atoms with Crippen molar-refractivity contribution in [3.05, 3.63) is 55.7 Å². The minimum atomic E-state index is 0.0462. The van der Waals surface area contributed by atoms with E-state index in [1.54, 1.807) is 11.3 Å². The fourth-order valence-corrected chi connectivity index (χ4v) is 4.03. The van der Waals surface area contributed by atoms with Crippen LogP contribution < -0.4 is 0 Å². The van der Waals surface area contributed by atoms with Gasteiger partial charge in [-0.05, 0) is 58.8 Å². The average molecular weight is 330 g/mol. The van der Waals surface area contributed by atoms with Crippen LogP contribution in [0.4, 0.5) is 0 Å². The zero-order valence-corrected chi connectivity index (χ0v) is 13.0. The lowest BCUT2D eigenvalue weighted by Crippen LogP contribution is -1.97. The largest absolute Gasteiger partial charge is 0.146 e. The molecule has 1 heterocycles. The summed E-state index contributed by atoms with van der Waals surface area (Å²) in [6.07, 6.45) is 0.883. The molecule has 0 aliphatic carbocycles. The van der Waals surface area contributed by atoms with E-state index < -0.39 is 0 Å².